The van der Waals surface area contributed by atoms with E-state index in [1.165, 1.54) is 18.2 Å². The van der Waals surface area contributed by atoms with Crippen LogP contribution in [0.1, 0.15) is 11.1 Å². The molecule has 1 aromatic carbocycles. The lowest BCUT2D eigenvalue weighted by Gasteiger charge is -2.13. The summed E-state index contributed by atoms with van der Waals surface area (Å²) in [5, 5.41) is 2.07. The van der Waals surface area contributed by atoms with E-state index in [1.54, 1.807) is 0 Å². The molecule has 0 aliphatic rings. The van der Waals surface area contributed by atoms with Crippen molar-refractivity contribution in [2.45, 2.75) is 18.9 Å². The number of rotatable bonds is 5. The van der Waals surface area contributed by atoms with Crippen molar-refractivity contribution in [3.05, 3.63) is 35.4 Å². The Kier molecular flexibility index (Phi) is 5.59. The lowest BCUT2D eigenvalue weighted by Crippen LogP contribution is -2.30. The van der Waals surface area contributed by atoms with Crippen LogP contribution in [0.4, 0.5) is 26.3 Å². The van der Waals surface area contributed by atoms with Crippen LogP contribution in [-0.2, 0) is 22.3 Å². The van der Waals surface area contributed by atoms with Crippen LogP contribution in [-0.4, -0.2) is 25.3 Å². The molecule has 0 saturated heterocycles. The molecule has 0 radical (unpaired) electrons. The highest BCUT2D eigenvalue weighted by molar-refractivity contribution is 5.77. The zero-order chi connectivity index (χ0) is 16.1. The molecule has 9 heteroatoms. The zero-order valence-corrected chi connectivity index (χ0v) is 10.5. The number of halogens is 6. The van der Waals surface area contributed by atoms with Crippen LogP contribution in [0.15, 0.2) is 24.3 Å². The Morgan fingerprint density at radius 2 is 1.71 bits per heavy atom. The highest BCUT2D eigenvalue weighted by Crippen LogP contribution is 2.31. The third-order valence-corrected chi connectivity index (χ3v) is 2.30. The van der Waals surface area contributed by atoms with Crippen molar-refractivity contribution < 1.29 is 35.9 Å². The van der Waals surface area contributed by atoms with E-state index in [1.807, 2.05) is 0 Å². The van der Waals surface area contributed by atoms with Crippen LogP contribution in [0.2, 0.25) is 0 Å². The fourth-order valence-corrected chi connectivity index (χ4v) is 1.46. The SMILES string of the molecule is O=C(COCC(F)(F)F)NCc1ccccc1C(F)(F)F. The average molecular weight is 315 g/mol. The quantitative estimate of drug-likeness (QED) is 0.849. The first-order valence-corrected chi connectivity index (χ1v) is 5.66. The van der Waals surface area contributed by atoms with Gasteiger partial charge in [-0.3, -0.25) is 4.79 Å². The van der Waals surface area contributed by atoms with E-state index in [0.29, 0.717) is 0 Å². The zero-order valence-electron chi connectivity index (χ0n) is 10.5. The molecule has 0 heterocycles. The molecule has 118 valence electrons. The van der Waals surface area contributed by atoms with Gasteiger partial charge in [0.1, 0.15) is 13.2 Å². The van der Waals surface area contributed by atoms with E-state index in [9.17, 15) is 31.1 Å². The van der Waals surface area contributed by atoms with Crippen molar-refractivity contribution in [2.24, 2.45) is 0 Å². The second-order valence-corrected chi connectivity index (χ2v) is 4.04. The number of hydrogen-bond donors (Lipinski definition) is 1. The monoisotopic (exact) mass is 315 g/mol. The van der Waals surface area contributed by atoms with E-state index in [2.05, 4.69) is 10.1 Å². The molecule has 1 aromatic rings. The van der Waals surface area contributed by atoms with Crippen molar-refractivity contribution >= 4 is 5.91 Å². The van der Waals surface area contributed by atoms with Gasteiger partial charge in [0.25, 0.3) is 0 Å². The number of carbonyl (C=O) groups excluding carboxylic acids is 1. The van der Waals surface area contributed by atoms with Gasteiger partial charge in [0.2, 0.25) is 5.91 Å². The Morgan fingerprint density at radius 1 is 1.10 bits per heavy atom. The summed E-state index contributed by atoms with van der Waals surface area (Å²) in [4.78, 5) is 11.2. The molecule has 0 aliphatic heterocycles. The molecular formula is C12H11F6NO2. The maximum Gasteiger partial charge on any atom is 0.416 e. The third-order valence-electron chi connectivity index (χ3n) is 2.30. The molecule has 0 spiro atoms. The van der Waals surface area contributed by atoms with Gasteiger partial charge in [0.05, 0.1) is 5.56 Å². The standard InChI is InChI=1S/C12H11F6NO2/c13-11(14,15)7-21-6-10(20)19-5-8-3-1-2-4-9(8)12(16,17)18/h1-4H,5-7H2,(H,19,20). The molecule has 0 atom stereocenters. The van der Waals surface area contributed by atoms with Crippen molar-refractivity contribution in [3.8, 4) is 0 Å². The van der Waals surface area contributed by atoms with Crippen LogP contribution >= 0.6 is 0 Å². The lowest BCUT2D eigenvalue weighted by molar-refractivity contribution is -0.175. The maximum absolute atomic E-state index is 12.6. The first-order chi connectivity index (χ1) is 9.59. The summed E-state index contributed by atoms with van der Waals surface area (Å²) in [5.41, 5.74) is -1.10. The summed E-state index contributed by atoms with van der Waals surface area (Å²) < 4.78 is 77.3. The van der Waals surface area contributed by atoms with Gasteiger partial charge in [0.15, 0.2) is 0 Å². The van der Waals surface area contributed by atoms with Crippen molar-refractivity contribution in [2.75, 3.05) is 13.2 Å². The summed E-state index contributed by atoms with van der Waals surface area (Å²) in [6.07, 6.45) is -9.14. The van der Waals surface area contributed by atoms with Gasteiger partial charge in [-0.15, -0.1) is 0 Å². The molecule has 1 N–H and O–H groups in total. The molecule has 0 unspecified atom stereocenters. The molecule has 0 bridgehead atoms. The fourth-order valence-electron chi connectivity index (χ4n) is 1.46. The molecule has 0 fully saturated rings. The van der Waals surface area contributed by atoms with Gasteiger partial charge in [0, 0.05) is 6.54 Å². The molecule has 1 amide bonds. The predicted molar refractivity (Wildman–Crippen MR) is 60.2 cm³/mol. The Balaban J connectivity index is 2.51. The lowest BCUT2D eigenvalue weighted by atomic mass is 10.1. The average Bonchev–Trinajstić information content (AvgIpc) is 2.34. The molecule has 0 aliphatic carbocycles. The number of hydrogen-bond acceptors (Lipinski definition) is 2. The van der Waals surface area contributed by atoms with Gasteiger partial charge in [-0.2, -0.15) is 26.3 Å². The summed E-state index contributed by atoms with van der Waals surface area (Å²) in [7, 11) is 0. The largest absolute Gasteiger partial charge is 0.416 e. The van der Waals surface area contributed by atoms with Crippen LogP contribution in [0.5, 0.6) is 0 Å². The van der Waals surface area contributed by atoms with Crippen molar-refractivity contribution in [1.82, 2.24) is 5.32 Å². The summed E-state index contributed by atoms with van der Waals surface area (Å²) >= 11 is 0. The van der Waals surface area contributed by atoms with E-state index in [0.717, 1.165) is 6.07 Å². The van der Waals surface area contributed by atoms with E-state index in [4.69, 9.17) is 0 Å². The molecule has 0 aromatic heterocycles. The Bertz CT molecular complexity index is 483. The first kappa shape index (κ1) is 17.3. The minimum absolute atomic E-state index is 0.186. The minimum atomic E-state index is -4.58. The number of carbonyl (C=O) groups is 1. The first-order valence-electron chi connectivity index (χ1n) is 5.66. The minimum Gasteiger partial charge on any atom is -0.362 e. The molecule has 0 saturated carbocycles. The van der Waals surface area contributed by atoms with E-state index >= 15 is 0 Å². The number of alkyl halides is 6. The highest BCUT2D eigenvalue weighted by atomic mass is 19.4. The van der Waals surface area contributed by atoms with Crippen LogP contribution in [0.3, 0.4) is 0 Å². The summed E-state index contributed by atoms with van der Waals surface area (Å²) in [5.74, 6) is -0.934. The maximum atomic E-state index is 12.6. The molecular weight excluding hydrogens is 304 g/mol. The number of amides is 1. The molecule has 3 nitrogen and oxygen atoms in total. The van der Waals surface area contributed by atoms with Gasteiger partial charge >= 0.3 is 12.4 Å². The van der Waals surface area contributed by atoms with Crippen molar-refractivity contribution in [1.29, 1.82) is 0 Å². The molecule has 21 heavy (non-hydrogen) atoms. The van der Waals surface area contributed by atoms with Crippen LogP contribution in [0.25, 0.3) is 0 Å². The second kappa shape index (κ2) is 6.79. The Hall–Kier alpha value is -1.77. The topological polar surface area (TPSA) is 38.3 Å². The van der Waals surface area contributed by atoms with Gasteiger partial charge in [-0.25, -0.2) is 0 Å². The van der Waals surface area contributed by atoms with Gasteiger partial charge < -0.3 is 10.1 Å². The Morgan fingerprint density at radius 3 is 2.29 bits per heavy atom. The van der Waals surface area contributed by atoms with E-state index < -0.39 is 43.6 Å². The Labute approximate surface area is 115 Å². The van der Waals surface area contributed by atoms with Crippen LogP contribution < -0.4 is 5.32 Å². The molecule has 1 rings (SSSR count). The van der Waals surface area contributed by atoms with Crippen LogP contribution in [0, 0.1) is 0 Å². The van der Waals surface area contributed by atoms with Gasteiger partial charge in [-0.1, -0.05) is 18.2 Å². The van der Waals surface area contributed by atoms with Crippen molar-refractivity contribution in [3.63, 3.8) is 0 Å². The van der Waals surface area contributed by atoms with E-state index in [-0.39, 0.29) is 5.56 Å². The third kappa shape index (κ3) is 6.48. The van der Waals surface area contributed by atoms with Gasteiger partial charge in [-0.05, 0) is 11.6 Å². The highest BCUT2D eigenvalue weighted by Gasteiger charge is 2.33. The summed E-state index contributed by atoms with van der Waals surface area (Å²) in [6, 6.07) is 4.57. The summed E-state index contributed by atoms with van der Waals surface area (Å²) in [6.45, 7) is -2.93. The number of nitrogens with one attached hydrogen (secondary N) is 1. The number of benzene rings is 1. The number of ether oxygens (including phenoxy) is 1. The fraction of sp³-hybridized carbons (Fsp3) is 0.417. The predicted octanol–water partition coefficient (Wildman–Crippen LogP) is 2.90. The smallest absolute Gasteiger partial charge is 0.362 e. The normalized spacial score (nSPS) is 12.3. The second-order valence-electron chi connectivity index (χ2n) is 4.04.